The molecule has 1 amide bonds. The highest BCUT2D eigenvalue weighted by Crippen LogP contribution is 2.18. The van der Waals surface area contributed by atoms with Gasteiger partial charge in [-0.15, -0.1) is 0 Å². The van der Waals surface area contributed by atoms with E-state index in [9.17, 15) is 4.79 Å². The molecule has 0 aliphatic heterocycles. The van der Waals surface area contributed by atoms with Gasteiger partial charge < -0.3 is 5.32 Å². The Morgan fingerprint density at radius 3 is 2.75 bits per heavy atom. The predicted molar refractivity (Wildman–Crippen MR) is 98.0 cm³/mol. The lowest BCUT2D eigenvalue weighted by molar-refractivity contribution is -0.121. The monoisotopic (exact) mass is 383 g/mol. The Morgan fingerprint density at radius 1 is 1.21 bits per heavy atom. The molecule has 0 aliphatic rings. The number of carbonyl (C=O) groups excluding carboxylic acids is 1. The van der Waals surface area contributed by atoms with Crippen LogP contribution in [-0.4, -0.2) is 15.7 Å². The summed E-state index contributed by atoms with van der Waals surface area (Å²) in [6, 6.07) is 17.7. The zero-order valence-electron chi connectivity index (χ0n) is 13.3. The molecule has 1 atom stereocenters. The molecular weight excluding hydrogens is 366 g/mol. The maximum absolute atomic E-state index is 12.3. The molecule has 1 heterocycles. The van der Waals surface area contributed by atoms with Crippen LogP contribution >= 0.6 is 15.9 Å². The van der Waals surface area contributed by atoms with Crippen molar-refractivity contribution in [3.8, 4) is 5.69 Å². The van der Waals surface area contributed by atoms with Crippen molar-refractivity contribution in [2.75, 3.05) is 0 Å². The summed E-state index contributed by atoms with van der Waals surface area (Å²) in [6.45, 7) is 1.98. The summed E-state index contributed by atoms with van der Waals surface area (Å²) in [5, 5.41) is 7.34. The fourth-order valence-electron chi connectivity index (χ4n) is 2.51. The molecular formula is C19H18BrN3O. The van der Waals surface area contributed by atoms with Gasteiger partial charge in [-0.1, -0.05) is 46.3 Å². The molecule has 0 radical (unpaired) electrons. The minimum absolute atomic E-state index is 0.0184. The van der Waals surface area contributed by atoms with Crippen LogP contribution in [-0.2, 0) is 11.2 Å². The van der Waals surface area contributed by atoms with E-state index in [1.807, 2.05) is 67.7 Å². The number of halogens is 1. The van der Waals surface area contributed by atoms with E-state index in [1.54, 1.807) is 10.9 Å². The molecule has 0 spiro atoms. The van der Waals surface area contributed by atoms with Crippen LogP contribution in [0.2, 0.25) is 0 Å². The van der Waals surface area contributed by atoms with Crippen molar-refractivity contribution >= 4 is 21.8 Å². The maximum Gasteiger partial charge on any atom is 0.225 e. The van der Waals surface area contributed by atoms with Crippen molar-refractivity contribution in [1.29, 1.82) is 0 Å². The minimum atomic E-state index is -0.0424. The van der Waals surface area contributed by atoms with Crippen molar-refractivity contribution in [1.82, 2.24) is 15.1 Å². The molecule has 2 aromatic carbocycles. The van der Waals surface area contributed by atoms with Crippen molar-refractivity contribution in [3.63, 3.8) is 0 Å². The van der Waals surface area contributed by atoms with E-state index in [0.717, 1.165) is 21.3 Å². The zero-order valence-corrected chi connectivity index (χ0v) is 14.9. The first-order valence-electron chi connectivity index (χ1n) is 7.75. The van der Waals surface area contributed by atoms with Crippen molar-refractivity contribution in [3.05, 3.63) is 82.6 Å². The Morgan fingerprint density at radius 2 is 2.00 bits per heavy atom. The average Bonchev–Trinajstić information content (AvgIpc) is 3.04. The van der Waals surface area contributed by atoms with Crippen LogP contribution in [0.4, 0.5) is 0 Å². The Bertz CT molecular complexity index is 829. The van der Waals surface area contributed by atoms with Crippen LogP contribution in [0.1, 0.15) is 24.1 Å². The molecule has 4 nitrogen and oxygen atoms in total. The van der Waals surface area contributed by atoms with Crippen LogP contribution in [0.25, 0.3) is 5.69 Å². The molecule has 3 aromatic rings. The highest BCUT2D eigenvalue weighted by atomic mass is 79.9. The van der Waals surface area contributed by atoms with Gasteiger partial charge in [0.2, 0.25) is 5.91 Å². The number of carbonyl (C=O) groups is 1. The molecule has 1 N–H and O–H groups in total. The number of benzene rings is 2. The largest absolute Gasteiger partial charge is 0.349 e. The number of hydrogen-bond donors (Lipinski definition) is 1. The van der Waals surface area contributed by atoms with Crippen molar-refractivity contribution in [2.24, 2.45) is 0 Å². The summed E-state index contributed by atoms with van der Waals surface area (Å²) in [5.41, 5.74) is 2.93. The summed E-state index contributed by atoms with van der Waals surface area (Å²) in [7, 11) is 0. The van der Waals surface area contributed by atoms with E-state index in [1.165, 1.54) is 0 Å². The fraction of sp³-hybridized carbons (Fsp3) is 0.158. The number of para-hydroxylation sites is 1. The molecule has 5 heteroatoms. The van der Waals surface area contributed by atoms with E-state index in [-0.39, 0.29) is 11.9 Å². The number of rotatable bonds is 5. The Labute approximate surface area is 149 Å². The minimum Gasteiger partial charge on any atom is -0.349 e. The number of nitrogens with zero attached hydrogens (tertiary/aromatic N) is 2. The maximum atomic E-state index is 12.3. The zero-order chi connectivity index (χ0) is 16.9. The van der Waals surface area contributed by atoms with Crippen molar-refractivity contribution < 1.29 is 4.79 Å². The van der Waals surface area contributed by atoms with E-state index in [0.29, 0.717) is 6.42 Å². The highest BCUT2D eigenvalue weighted by Gasteiger charge is 2.11. The molecule has 122 valence electrons. The molecule has 0 fully saturated rings. The first kappa shape index (κ1) is 16.5. The highest BCUT2D eigenvalue weighted by molar-refractivity contribution is 9.10. The summed E-state index contributed by atoms with van der Waals surface area (Å²) in [5.74, 6) is -0.0184. The number of hydrogen-bond acceptors (Lipinski definition) is 2. The van der Waals surface area contributed by atoms with Gasteiger partial charge in [0.1, 0.15) is 0 Å². The second-order valence-electron chi connectivity index (χ2n) is 5.65. The molecule has 0 saturated heterocycles. The van der Waals surface area contributed by atoms with E-state index in [2.05, 4.69) is 26.3 Å². The molecule has 3 rings (SSSR count). The summed E-state index contributed by atoms with van der Waals surface area (Å²) in [6.07, 6.45) is 3.93. The smallest absolute Gasteiger partial charge is 0.225 e. The van der Waals surface area contributed by atoms with Crippen LogP contribution in [0.3, 0.4) is 0 Å². The van der Waals surface area contributed by atoms with E-state index < -0.39 is 0 Å². The van der Waals surface area contributed by atoms with Gasteiger partial charge in [-0.05, 0) is 42.3 Å². The Hall–Kier alpha value is -2.40. The third kappa shape index (κ3) is 4.11. The van der Waals surface area contributed by atoms with Gasteiger partial charge in [-0.25, -0.2) is 4.68 Å². The van der Waals surface area contributed by atoms with Gasteiger partial charge in [0.25, 0.3) is 0 Å². The summed E-state index contributed by atoms with van der Waals surface area (Å²) in [4.78, 5) is 12.3. The molecule has 1 unspecified atom stereocenters. The quantitative estimate of drug-likeness (QED) is 0.721. The van der Waals surface area contributed by atoms with Gasteiger partial charge >= 0.3 is 0 Å². The Balaban J connectivity index is 1.62. The molecule has 24 heavy (non-hydrogen) atoms. The first-order chi connectivity index (χ1) is 11.6. The van der Waals surface area contributed by atoms with Crippen molar-refractivity contribution in [2.45, 2.75) is 19.4 Å². The number of amides is 1. The summed E-state index contributed by atoms with van der Waals surface area (Å²) >= 11 is 3.45. The van der Waals surface area contributed by atoms with Crippen LogP contribution in [0.15, 0.2) is 71.5 Å². The molecule has 1 aromatic heterocycles. The number of nitrogens with one attached hydrogen (secondary N) is 1. The van der Waals surface area contributed by atoms with Gasteiger partial charge in [0.05, 0.1) is 24.3 Å². The molecule has 0 bridgehead atoms. The standard InChI is InChI=1S/C19H18BrN3O/c1-14(16-6-5-7-17(20)11-16)22-19(24)10-15-12-21-23(13-15)18-8-3-2-4-9-18/h2-9,11-14H,10H2,1H3,(H,22,24). The Kier molecular flexibility index (Phi) is 5.11. The van der Waals surface area contributed by atoms with Gasteiger partial charge in [0, 0.05) is 10.7 Å². The third-order valence-electron chi connectivity index (χ3n) is 3.75. The third-order valence-corrected chi connectivity index (χ3v) is 4.24. The van der Waals surface area contributed by atoms with Crippen LogP contribution in [0.5, 0.6) is 0 Å². The molecule has 0 saturated carbocycles. The second-order valence-corrected chi connectivity index (χ2v) is 6.57. The normalized spacial score (nSPS) is 11.9. The van der Waals surface area contributed by atoms with E-state index >= 15 is 0 Å². The summed E-state index contributed by atoms with van der Waals surface area (Å²) < 4.78 is 2.78. The number of aromatic nitrogens is 2. The fourth-order valence-corrected chi connectivity index (χ4v) is 2.93. The predicted octanol–water partition coefficient (Wildman–Crippen LogP) is 4.05. The SMILES string of the molecule is CC(NC(=O)Cc1cnn(-c2ccccc2)c1)c1cccc(Br)c1. The van der Waals surface area contributed by atoms with Gasteiger partial charge in [0.15, 0.2) is 0 Å². The average molecular weight is 384 g/mol. The lowest BCUT2D eigenvalue weighted by atomic mass is 10.1. The second kappa shape index (κ2) is 7.45. The molecule has 0 aliphatic carbocycles. The first-order valence-corrected chi connectivity index (χ1v) is 8.55. The lowest BCUT2D eigenvalue weighted by Crippen LogP contribution is -2.28. The van der Waals surface area contributed by atoms with Crippen LogP contribution < -0.4 is 5.32 Å². The topological polar surface area (TPSA) is 46.9 Å². The van der Waals surface area contributed by atoms with E-state index in [4.69, 9.17) is 0 Å². The van der Waals surface area contributed by atoms with Gasteiger partial charge in [-0.3, -0.25) is 4.79 Å². The van der Waals surface area contributed by atoms with Gasteiger partial charge in [-0.2, -0.15) is 5.10 Å². The lowest BCUT2D eigenvalue weighted by Gasteiger charge is -2.14. The van der Waals surface area contributed by atoms with Crippen LogP contribution in [0, 0.1) is 0 Å².